The van der Waals surface area contributed by atoms with Crippen molar-refractivity contribution in [2.24, 2.45) is 0 Å². The molecule has 6 heteroatoms. The maximum absolute atomic E-state index is 11.5. The number of carbonyl (C=O) groups is 1. The van der Waals surface area contributed by atoms with E-state index in [1.165, 1.54) is 0 Å². The highest BCUT2D eigenvalue weighted by Crippen LogP contribution is 2.22. The highest BCUT2D eigenvalue weighted by atomic mass is 32.2. The predicted molar refractivity (Wildman–Crippen MR) is 63.1 cm³/mol. The molecule has 1 rings (SSSR count). The van der Waals surface area contributed by atoms with Crippen LogP contribution in [0, 0.1) is 0 Å². The molecule has 94 valence electrons. The van der Waals surface area contributed by atoms with Gasteiger partial charge in [0.2, 0.25) is 0 Å². The van der Waals surface area contributed by atoms with Gasteiger partial charge in [0.05, 0.1) is 17.0 Å². The maximum atomic E-state index is 11.5. The quantitative estimate of drug-likeness (QED) is 0.718. The molecule has 0 aromatic rings. The van der Waals surface area contributed by atoms with Crippen molar-refractivity contribution in [1.29, 1.82) is 0 Å². The molecule has 1 heterocycles. The minimum Gasteiger partial charge on any atom is -0.338 e. The summed E-state index contributed by atoms with van der Waals surface area (Å²) in [5.41, 5.74) is -0.602. The van der Waals surface area contributed by atoms with Crippen molar-refractivity contribution in [3.8, 4) is 0 Å². The minimum absolute atomic E-state index is 0.0429. The Morgan fingerprint density at radius 2 is 2.12 bits per heavy atom. The Hall–Kier alpha value is -0.780. The van der Waals surface area contributed by atoms with Crippen LogP contribution in [0.3, 0.4) is 0 Å². The first-order chi connectivity index (χ1) is 7.37. The Morgan fingerprint density at radius 3 is 2.62 bits per heavy atom. The van der Waals surface area contributed by atoms with E-state index in [1.54, 1.807) is 6.92 Å². The number of unbranched alkanes of at least 4 members (excludes halogenated alkanes) is 1. The zero-order valence-electron chi connectivity index (χ0n) is 9.88. The van der Waals surface area contributed by atoms with E-state index in [4.69, 9.17) is 0 Å². The summed E-state index contributed by atoms with van der Waals surface area (Å²) in [6.45, 7) is 4.45. The molecule has 1 saturated heterocycles. The van der Waals surface area contributed by atoms with Crippen LogP contribution in [0.2, 0.25) is 0 Å². The number of hydrogen-bond donors (Lipinski definition) is 2. The third-order valence-electron chi connectivity index (χ3n) is 2.73. The molecule has 0 aromatic carbocycles. The van der Waals surface area contributed by atoms with Gasteiger partial charge in [0, 0.05) is 6.54 Å². The van der Waals surface area contributed by atoms with Crippen molar-refractivity contribution < 1.29 is 13.2 Å². The van der Waals surface area contributed by atoms with E-state index < -0.39 is 15.4 Å². The van der Waals surface area contributed by atoms with Crippen molar-refractivity contribution >= 4 is 15.9 Å². The van der Waals surface area contributed by atoms with E-state index >= 15 is 0 Å². The minimum atomic E-state index is -2.97. The van der Waals surface area contributed by atoms with Crippen molar-refractivity contribution in [1.82, 2.24) is 10.6 Å². The van der Waals surface area contributed by atoms with Crippen molar-refractivity contribution in [2.75, 3.05) is 18.1 Å². The molecule has 1 aliphatic heterocycles. The molecular formula is C10H20N2O3S. The highest BCUT2D eigenvalue weighted by molar-refractivity contribution is 7.91. The average molecular weight is 248 g/mol. The van der Waals surface area contributed by atoms with Gasteiger partial charge >= 0.3 is 6.03 Å². The Kier molecular flexibility index (Phi) is 4.18. The van der Waals surface area contributed by atoms with Crippen LogP contribution in [0.5, 0.6) is 0 Å². The number of nitrogens with one attached hydrogen (secondary N) is 2. The molecule has 0 saturated carbocycles. The van der Waals surface area contributed by atoms with Crippen LogP contribution in [0.1, 0.15) is 33.1 Å². The van der Waals surface area contributed by atoms with Gasteiger partial charge in [0.25, 0.3) is 0 Å². The lowest BCUT2D eigenvalue weighted by molar-refractivity contribution is 0.230. The summed E-state index contributed by atoms with van der Waals surface area (Å²) in [6.07, 6.45) is 2.45. The first kappa shape index (κ1) is 13.3. The zero-order chi connectivity index (χ0) is 12.2. The van der Waals surface area contributed by atoms with E-state index in [-0.39, 0.29) is 17.5 Å². The normalized spacial score (nSPS) is 27.6. The summed E-state index contributed by atoms with van der Waals surface area (Å²) >= 11 is 0. The van der Waals surface area contributed by atoms with Crippen molar-refractivity contribution in [2.45, 2.75) is 38.6 Å². The molecule has 0 bridgehead atoms. The monoisotopic (exact) mass is 248 g/mol. The van der Waals surface area contributed by atoms with Gasteiger partial charge in [-0.05, 0) is 19.8 Å². The smallest absolute Gasteiger partial charge is 0.315 e. The van der Waals surface area contributed by atoms with Crippen LogP contribution in [0.15, 0.2) is 0 Å². The molecule has 1 unspecified atom stereocenters. The predicted octanol–water partition coefficient (Wildman–Crippen LogP) is 0.663. The van der Waals surface area contributed by atoms with Crippen LogP contribution in [-0.4, -0.2) is 38.0 Å². The number of carbonyl (C=O) groups excluding carboxylic acids is 1. The SMILES string of the molecule is CCCCNC(=O)NC1(C)CCS(=O)(=O)C1. The van der Waals surface area contributed by atoms with Crippen LogP contribution in [0.25, 0.3) is 0 Å². The van der Waals surface area contributed by atoms with E-state index in [9.17, 15) is 13.2 Å². The van der Waals surface area contributed by atoms with E-state index in [0.717, 1.165) is 12.8 Å². The third-order valence-corrected chi connectivity index (χ3v) is 4.64. The average Bonchev–Trinajstić information content (AvgIpc) is 2.40. The Bertz CT molecular complexity index is 353. The van der Waals surface area contributed by atoms with Crippen LogP contribution < -0.4 is 10.6 Å². The van der Waals surface area contributed by atoms with Gasteiger partial charge in [-0.2, -0.15) is 0 Å². The number of urea groups is 1. The Morgan fingerprint density at radius 1 is 1.44 bits per heavy atom. The molecule has 2 N–H and O–H groups in total. The second-order valence-electron chi connectivity index (χ2n) is 4.64. The molecule has 1 aliphatic rings. The van der Waals surface area contributed by atoms with Crippen LogP contribution in [0.4, 0.5) is 4.79 Å². The molecule has 1 fully saturated rings. The number of hydrogen-bond acceptors (Lipinski definition) is 3. The summed E-state index contributed by atoms with van der Waals surface area (Å²) in [6, 6.07) is -0.270. The largest absolute Gasteiger partial charge is 0.338 e. The summed E-state index contributed by atoms with van der Waals surface area (Å²) in [7, 11) is -2.97. The molecule has 0 spiro atoms. The van der Waals surface area contributed by atoms with E-state index in [2.05, 4.69) is 10.6 Å². The molecule has 0 aromatic heterocycles. The van der Waals surface area contributed by atoms with Crippen molar-refractivity contribution in [3.05, 3.63) is 0 Å². The zero-order valence-corrected chi connectivity index (χ0v) is 10.7. The topological polar surface area (TPSA) is 75.3 Å². The lowest BCUT2D eigenvalue weighted by atomic mass is 10.0. The van der Waals surface area contributed by atoms with Gasteiger partial charge in [0.1, 0.15) is 0 Å². The second-order valence-corrected chi connectivity index (χ2v) is 6.82. The van der Waals surface area contributed by atoms with E-state index in [0.29, 0.717) is 13.0 Å². The number of sulfone groups is 1. The highest BCUT2D eigenvalue weighted by Gasteiger charge is 2.39. The molecule has 2 amide bonds. The number of rotatable bonds is 4. The standard InChI is InChI=1S/C10H20N2O3S/c1-3-4-6-11-9(13)12-10(2)5-7-16(14,15)8-10/h3-8H2,1-2H3,(H2,11,12,13). The summed E-state index contributed by atoms with van der Waals surface area (Å²) in [4.78, 5) is 11.5. The molecule has 16 heavy (non-hydrogen) atoms. The van der Waals surface area contributed by atoms with Gasteiger partial charge in [-0.15, -0.1) is 0 Å². The molecule has 0 aliphatic carbocycles. The number of amides is 2. The van der Waals surface area contributed by atoms with Crippen LogP contribution >= 0.6 is 0 Å². The first-order valence-electron chi connectivity index (χ1n) is 5.63. The second kappa shape index (κ2) is 5.03. The fraction of sp³-hybridized carbons (Fsp3) is 0.900. The van der Waals surface area contributed by atoms with Gasteiger partial charge in [-0.25, -0.2) is 13.2 Å². The Balaban J connectivity index is 2.39. The molecule has 1 atom stereocenters. The van der Waals surface area contributed by atoms with Crippen molar-refractivity contribution in [3.63, 3.8) is 0 Å². The van der Waals surface area contributed by atoms with Gasteiger partial charge in [0.15, 0.2) is 9.84 Å². The van der Waals surface area contributed by atoms with Gasteiger partial charge in [-0.1, -0.05) is 13.3 Å². The lowest BCUT2D eigenvalue weighted by Gasteiger charge is -2.23. The first-order valence-corrected chi connectivity index (χ1v) is 7.45. The van der Waals surface area contributed by atoms with Gasteiger partial charge in [-0.3, -0.25) is 0 Å². The lowest BCUT2D eigenvalue weighted by Crippen LogP contribution is -2.51. The summed E-state index contributed by atoms with van der Waals surface area (Å²) in [5, 5.41) is 5.46. The maximum Gasteiger partial charge on any atom is 0.315 e. The van der Waals surface area contributed by atoms with Gasteiger partial charge < -0.3 is 10.6 Å². The molecular weight excluding hydrogens is 228 g/mol. The molecule has 5 nitrogen and oxygen atoms in total. The van der Waals surface area contributed by atoms with Crippen LogP contribution in [-0.2, 0) is 9.84 Å². The fourth-order valence-corrected chi connectivity index (χ4v) is 3.90. The summed E-state index contributed by atoms with van der Waals surface area (Å²) < 4.78 is 22.6. The van der Waals surface area contributed by atoms with E-state index in [1.807, 2.05) is 6.92 Å². The Labute approximate surface area is 96.9 Å². The fourth-order valence-electron chi connectivity index (χ4n) is 1.81. The molecule has 0 radical (unpaired) electrons. The summed E-state index contributed by atoms with van der Waals surface area (Å²) in [5.74, 6) is 0.208. The third kappa shape index (κ3) is 4.00.